The van der Waals surface area contributed by atoms with E-state index >= 15 is 0 Å². The number of carbonyl (C=O) groups excluding carboxylic acids is 2. The summed E-state index contributed by atoms with van der Waals surface area (Å²) in [5, 5.41) is 6.26. The highest BCUT2D eigenvalue weighted by Crippen LogP contribution is 2.23. The largest absolute Gasteiger partial charge is 0.482 e. The van der Waals surface area contributed by atoms with Crippen molar-refractivity contribution in [3.8, 4) is 5.75 Å². The van der Waals surface area contributed by atoms with Crippen LogP contribution in [0.3, 0.4) is 0 Å². The number of pyridine rings is 1. The maximum atomic E-state index is 12.1. The minimum absolute atomic E-state index is 0.0624. The third-order valence-corrected chi connectivity index (χ3v) is 4.09. The van der Waals surface area contributed by atoms with E-state index in [1.165, 1.54) is 6.26 Å². The minimum Gasteiger partial charge on any atom is -0.482 e. The molecule has 0 aliphatic carbocycles. The zero-order chi connectivity index (χ0) is 17.9. The number of amides is 2. The Morgan fingerprint density at radius 2 is 2.23 bits per heavy atom. The van der Waals surface area contributed by atoms with Gasteiger partial charge in [0.1, 0.15) is 23.6 Å². The van der Waals surface area contributed by atoms with Gasteiger partial charge in [-0.2, -0.15) is 0 Å². The molecule has 1 saturated heterocycles. The number of para-hydroxylation sites is 1. The van der Waals surface area contributed by atoms with Crippen LogP contribution in [0.15, 0.2) is 47.2 Å². The predicted molar refractivity (Wildman–Crippen MR) is 91.5 cm³/mol. The van der Waals surface area contributed by atoms with Gasteiger partial charge in [-0.3, -0.25) is 14.6 Å². The lowest BCUT2D eigenvalue weighted by Crippen LogP contribution is -2.40. The zero-order valence-electron chi connectivity index (χ0n) is 13.8. The van der Waals surface area contributed by atoms with Gasteiger partial charge in [0.25, 0.3) is 5.91 Å². The third-order valence-electron chi connectivity index (χ3n) is 4.09. The van der Waals surface area contributed by atoms with E-state index in [2.05, 4.69) is 20.6 Å². The van der Waals surface area contributed by atoms with E-state index in [1.807, 2.05) is 30.3 Å². The van der Waals surface area contributed by atoms with E-state index in [0.717, 1.165) is 10.9 Å². The molecule has 2 aromatic heterocycles. The number of benzene rings is 1. The summed E-state index contributed by atoms with van der Waals surface area (Å²) in [6, 6.07) is 8.91. The van der Waals surface area contributed by atoms with Gasteiger partial charge in [-0.05, 0) is 18.6 Å². The van der Waals surface area contributed by atoms with Gasteiger partial charge in [-0.25, -0.2) is 4.98 Å². The molecule has 8 nitrogen and oxygen atoms in total. The van der Waals surface area contributed by atoms with Crippen molar-refractivity contribution in [1.29, 1.82) is 0 Å². The molecular formula is C18H16N4O4. The highest BCUT2D eigenvalue weighted by atomic mass is 16.5. The highest BCUT2D eigenvalue weighted by Gasteiger charge is 2.27. The van der Waals surface area contributed by atoms with Gasteiger partial charge < -0.3 is 19.8 Å². The first-order valence-electron chi connectivity index (χ1n) is 8.20. The van der Waals surface area contributed by atoms with Crippen molar-refractivity contribution in [2.75, 3.05) is 6.54 Å². The van der Waals surface area contributed by atoms with Gasteiger partial charge in [0.2, 0.25) is 11.8 Å². The fourth-order valence-electron chi connectivity index (χ4n) is 2.78. The maximum absolute atomic E-state index is 12.1. The first-order valence-corrected chi connectivity index (χ1v) is 8.20. The monoisotopic (exact) mass is 352 g/mol. The van der Waals surface area contributed by atoms with Crippen molar-refractivity contribution in [1.82, 2.24) is 20.6 Å². The maximum Gasteiger partial charge on any atom is 0.273 e. The number of carbonyl (C=O) groups is 2. The van der Waals surface area contributed by atoms with Gasteiger partial charge in [0, 0.05) is 18.1 Å². The fourth-order valence-corrected chi connectivity index (χ4v) is 2.78. The molecule has 0 spiro atoms. The van der Waals surface area contributed by atoms with E-state index in [9.17, 15) is 9.59 Å². The Labute approximate surface area is 148 Å². The molecule has 132 valence electrons. The molecule has 2 N–H and O–H groups in total. The molecule has 2 amide bonds. The smallest absolute Gasteiger partial charge is 0.273 e. The standard InChI is InChI=1S/C18H16N4O4/c23-17-12(6-8-20-17)22-18(24)13-9-26-15(21-13)10-25-14-5-1-3-11-4-2-7-19-16(11)14/h1-5,7,9,12H,6,8,10H2,(H,20,23)(H,22,24). The van der Waals surface area contributed by atoms with Crippen molar-refractivity contribution in [3.05, 3.63) is 54.4 Å². The average molecular weight is 352 g/mol. The van der Waals surface area contributed by atoms with Gasteiger partial charge >= 0.3 is 0 Å². The lowest BCUT2D eigenvalue weighted by Gasteiger charge is -2.07. The number of ether oxygens (including phenoxy) is 1. The molecule has 1 fully saturated rings. The Morgan fingerprint density at radius 3 is 3.08 bits per heavy atom. The van der Waals surface area contributed by atoms with Crippen LogP contribution in [0.1, 0.15) is 22.8 Å². The summed E-state index contributed by atoms with van der Waals surface area (Å²) in [5.41, 5.74) is 0.853. The Balaban J connectivity index is 1.42. The second-order valence-corrected chi connectivity index (χ2v) is 5.85. The zero-order valence-corrected chi connectivity index (χ0v) is 13.8. The molecule has 3 heterocycles. The molecule has 1 unspecified atom stereocenters. The first-order chi connectivity index (χ1) is 12.7. The summed E-state index contributed by atoms with van der Waals surface area (Å²) in [5.74, 6) is 0.233. The second-order valence-electron chi connectivity index (χ2n) is 5.85. The molecule has 3 aromatic rings. The summed E-state index contributed by atoms with van der Waals surface area (Å²) < 4.78 is 11.0. The SMILES string of the molecule is O=C(NC1CCNC1=O)c1coc(COc2cccc3cccnc23)n1. The van der Waals surface area contributed by atoms with Crippen molar-refractivity contribution < 1.29 is 18.7 Å². The molecular weight excluding hydrogens is 336 g/mol. The van der Waals surface area contributed by atoms with Crippen LogP contribution < -0.4 is 15.4 Å². The van der Waals surface area contributed by atoms with Crippen LogP contribution in [-0.4, -0.2) is 34.4 Å². The van der Waals surface area contributed by atoms with Crippen LogP contribution in [0.4, 0.5) is 0 Å². The number of hydrogen-bond acceptors (Lipinski definition) is 6. The molecule has 0 bridgehead atoms. The van der Waals surface area contributed by atoms with E-state index in [0.29, 0.717) is 18.7 Å². The normalized spacial score (nSPS) is 16.5. The first kappa shape index (κ1) is 16.1. The van der Waals surface area contributed by atoms with Crippen LogP contribution in [-0.2, 0) is 11.4 Å². The topological polar surface area (TPSA) is 106 Å². The van der Waals surface area contributed by atoms with Crippen molar-refractivity contribution in [3.63, 3.8) is 0 Å². The Bertz CT molecular complexity index is 963. The summed E-state index contributed by atoms with van der Waals surface area (Å²) in [6.45, 7) is 0.619. The summed E-state index contributed by atoms with van der Waals surface area (Å²) >= 11 is 0. The highest BCUT2D eigenvalue weighted by molar-refractivity contribution is 5.96. The Kier molecular flexibility index (Phi) is 4.22. The number of rotatable bonds is 5. The van der Waals surface area contributed by atoms with Crippen molar-refractivity contribution in [2.24, 2.45) is 0 Å². The van der Waals surface area contributed by atoms with Crippen LogP contribution in [0, 0.1) is 0 Å². The van der Waals surface area contributed by atoms with Crippen LogP contribution in [0.5, 0.6) is 5.75 Å². The Morgan fingerprint density at radius 1 is 1.35 bits per heavy atom. The Hall–Kier alpha value is -3.42. The fraction of sp³-hybridized carbons (Fsp3) is 0.222. The summed E-state index contributed by atoms with van der Waals surface area (Å²) in [4.78, 5) is 32.1. The molecule has 1 atom stereocenters. The molecule has 4 rings (SSSR count). The van der Waals surface area contributed by atoms with Crippen LogP contribution in [0.2, 0.25) is 0 Å². The van der Waals surface area contributed by atoms with E-state index in [4.69, 9.17) is 9.15 Å². The summed E-state index contributed by atoms with van der Waals surface area (Å²) in [6.07, 6.45) is 3.51. The van der Waals surface area contributed by atoms with Crippen LogP contribution in [0.25, 0.3) is 10.9 Å². The van der Waals surface area contributed by atoms with E-state index in [1.54, 1.807) is 6.20 Å². The molecule has 1 aliphatic rings. The predicted octanol–water partition coefficient (Wildman–Crippen LogP) is 1.42. The number of nitrogens with one attached hydrogen (secondary N) is 2. The van der Waals surface area contributed by atoms with Gasteiger partial charge in [-0.1, -0.05) is 18.2 Å². The molecule has 1 aliphatic heterocycles. The lowest BCUT2D eigenvalue weighted by molar-refractivity contribution is -0.120. The number of nitrogens with zero attached hydrogens (tertiary/aromatic N) is 2. The molecule has 1 aromatic carbocycles. The minimum atomic E-state index is -0.527. The number of oxazole rings is 1. The second kappa shape index (κ2) is 6.83. The van der Waals surface area contributed by atoms with E-state index in [-0.39, 0.29) is 24.1 Å². The lowest BCUT2D eigenvalue weighted by atomic mass is 10.2. The number of aromatic nitrogens is 2. The molecule has 0 radical (unpaired) electrons. The number of fused-ring (bicyclic) bond motifs is 1. The quantitative estimate of drug-likeness (QED) is 0.719. The van der Waals surface area contributed by atoms with Gasteiger partial charge in [0.05, 0.1) is 0 Å². The van der Waals surface area contributed by atoms with Gasteiger partial charge in [-0.15, -0.1) is 0 Å². The van der Waals surface area contributed by atoms with Gasteiger partial charge in [0.15, 0.2) is 12.3 Å². The van der Waals surface area contributed by atoms with E-state index < -0.39 is 11.9 Å². The molecule has 8 heteroatoms. The van der Waals surface area contributed by atoms with Crippen molar-refractivity contribution in [2.45, 2.75) is 19.1 Å². The van der Waals surface area contributed by atoms with Crippen LogP contribution >= 0.6 is 0 Å². The molecule has 26 heavy (non-hydrogen) atoms. The molecule has 0 saturated carbocycles. The van der Waals surface area contributed by atoms with Crippen molar-refractivity contribution >= 4 is 22.7 Å². The average Bonchev–Trinajstić information content (AvgIpc) is 3.29. The number of hydrogen-bond donors (Lipinski definition) is 2. The third kappa shape index (κ3) is 3.21. The summed E-state index contributed by atoms with van der Waals surface area (Å²) in [7, 11) is 0.